The van der Waals surface area contributed by atoms with Gasteiger partial charge in [0.15, 0.2) is 0 Å². The monoisotopic (exact) mass is 275 g/mol. The highest BCUT2D eigenvalue weighted by atomic mass is 35.5. The largest absolute Gasteiger partial charge is 0.356 e. The number of aromatic nitrogens is 2. The number of nitrogens with zero attached hydrogens (tertiary/aromatic N) is 2. The first kappa shape index (κ1) is 13.5. The average Bonchev–Trinajstić information content (AvgIpc) is 2.39. The van der Waals surface area contributed by atoms with Gasteiger partial charge >= 0.3 is 0 Å². The van der Waals surface area contributed by atoms with Crippen molar-refractivity contribution in [2.45, 2.75) is 13.3 Å². The first-order valence-electron chi connectivity index (χ1n) is 5.98. The van der Waals surface area contributed by atoms with Gasteiger partial charge in [0, 0.05) is 18.9 Å². The average molecular weight is 276 g/mol. The Morgan fingerprint density at radius 1 is 1.42 bits per heavy atom. The quantitative estimate of drug-likeness (QED) is 0.689. The van der Waals surface area contributed by atoms with E-state index in [1.54, 1.807) is 0 Å². The third kappa shape index (κ3) is 3.76. The highest BCUT2D eigenvalue weighted by molar-refractivity contribution is 6.34. The van der Waals surface area contributed by atoms with Crippen molar-refractivity contribution in [2.75, 3.05) is 6.54 Å². The van der Waals surface area contributed by atoms with Crippen LogP contribution in [0, 0.1) is 0 Å². The van der Waals surface area contributed by atoms with Gasteiger partial charge in [-0.05, 0) is 24.1 Å². The number of carbonyl (C=O) groups is 1. The molecular formula is C14H14ClN3O. The van der Waals surface area contributed by atoms with Gasteiger partial charge in [-0.2, -0.15) is 0 Å². The summed E-state index contributed by atoms with van der Waals surface area (Å²) < 4.78 is 0. The predicted molar refractivity (Wildman–Crippen MR) is 76.9 cm³/mol. The second kappa shape index (κ2) is 6.29. The molecule has 0 aliphatic heterocycles. The fourth-order valence-electron chi connectivity index (χ4n) is 1.70. The molecule has 4 nitrogen and oxygen atoms in total. The smallest absolute Gasteiger partial charge is 0.216 e. The summed E-state index contributed by atoms with van der Waals surface area (Å²) >= 11 is 6.02. The molecule has 0 aliphatic carbocycles. The lowest BCUT2D eigenvalue weighted by molar-refractivity contribution is -0.118. The number of carbonyl (C=O) groups excluding carboxylic acids is 1. The van der Waals surface area contributed by atoms with Crippen molar-refractivity contribution in [1.29, 1.82) is 0 Å². The van der Waals surface area contributed by atoms with E-state index in [0.717, 1.165) is 22.9 Å². The maximum atomic E-state index is 10.7. The van der Waals surface area contributed by atoms with Gasteiger partial charge in [-0.15, -0.1) is 0 Å². The van der Waals surface area contributed by atoms with Gasteiger partial charge < -0.3 is 5.32 Å². The zero-order chi connectivity index (χ0) is 13.7. The summed E-state index contributed by atoms with van der Waals surface area (Å²) in [6, 6.07) is 5.84. The number of fused-ring (bicyclic) bond motifs is 1. The second-order valence-electron chi connectivity index (χ2n) is 4.12. The number of nitrogens with one attached hydrogen (secondary N) is 1. The van der Waals surface area contributed by atoms with Crippen molar-refractivity contribution in [3.05, 3.63) is 41.3 Å². The molecule has 1 amide bonds. The standard InChI is InChI=1S/C14H14ClN3O/c1-10(19)16-7-3-2-4-11-5-6-13-12(8-11)14(15)18-9-17-13/h2,4-6,8-9H,3,7H2,1H3,(H,16,19). The van der Waals surface area contributed by atoms with Crippen LogP contribution in [0.5, 0.6) is 0 Å². The Hall–Kier alpha value is -1.94. The number of hydrogen-bond acceptors (Lipinski definition) is 3. The fraction of sp³-hybridized carbons (Fsp3) is 0.214. The summed E-state index contributed by atoms with van der Waals surface area (Å²) in [6.45, 7) is 2.15. The molecule has 2 aromatic rings. The molecule has 0 radical (unpaired) electrons. The van der Waals surface area contributed by atoms with Crippen LogP contribution in [0.3, 0.4) is 0 Å². The molecule has 1 aromatic carbocycles. The highest BCUT2D eigenvalue weighted by Crippen LogP contribution is 2.20. The van der Waals surface area contributed by atoms with Crippen molar-refractivity contribution in [3.63, 3.8) is 0 Å². The molecule has 1 aromatic heterocycles. The maximum Gasteiger partial charge on any atom is 0.216 e. The second-order valence-corrected chi connectivity index (χ2v) is 4.47. The van der Waals surface area contributed by atoms with Gasteiger partial charge in [0.05, 0.1) is 5.52 Å². The molecule has 0 spiro atoms. The summed E-state index contributed by atoms with van der Waals surface area (Å²) in [5, 5.41) is 4.04. The van der Waals surface area contributed by atoms with Crippen LogP contribution in [0.15, 0.2) is 30.6 Å². The minimum absolute atomic E-state index is 0.0111. The number of hydrogen-bond donors (Lipinski definition) is 1. The first-order valence-corrected chi connectivity index (χ1v) is 6.36. The van der Waals surface area contributed by atoms with E-state index in [9.17, 15) is 4.79 Å². The molecule has 0 atom stereocenters. The van der Waals surface area contributed by atoms with E-state index in [4.69, 9.17) is 11.6 Å². The van der Waals surface area contributed by atoms with E-state index in [2.05, 4.69) is 15.3 Å². The molecule has 1 heterocycles. The number of halogens is 1. The van der Waals surface area contributed by atoms with Crippen molar-refractivity contribution in [3.8, 4) is 0 Å². The Morgan fingerprint density at radius 3 is 3.05 bits per heavy atom. The van der Waals surface area contributed by atoms with E-state index in [-0.39, 0.29) is 5.91 Å². The van der Waals surface area contributed by atoms with Crippen LogP contribution in [0.4, 0.5) is 0 Å². The van der Waals surface area contributed by atoms with Gasteiger partial charge in [0.25, 0.3) is 0 Å². The topological polar surface area (TPSA) is 54.9 Å². The number of rotatable bonds is 4. The highest BCUT2D eigenvalue weighted by Gasteiger charge is 2.00. The fourth-order valence-corrected chi connectivity index (χ4v) is 1.89. The molecular weight excluding hydrogens is 262 g/mol. The molecule has 0 bridgehead atoms. The zero-order valence-corrected chi connectivity index (χ0v) is 11.3. The molecule has 0 aliphatic rings. The van der Waals surface area contributed by atoms with E-state index in [0.29, 0.717) is 11.7 Å². The Balaban J connectivity index is 2.07. The molecule has 1 N–H and O–H groups in total. The summed E-state index contributed by atoms with van der Waals surface area (Å²) in [5.41, 5.74) is 1.86. The summed E-state index contributed by atoms with van der Waals surface area (Å²) in [7, 11) is 0. The van der Waals surface area contributed by atoms with E-state index in [1.165, 1.54) is 13.3 Å². The van der Waals surface area contributed by atoms with Crippen molar-refractivity contribution in [1.82, 2.24) is 15.3 Å². The lowest BCUT2D eigenvalue weighted by atomic mass is 10.1. The molecule has 19 heavy (non-hydrogen) atoms. The summed E-state index contributed by atoms with van der Waals surface area (Å²) in [6.07, 6.45) is 6.24. The van der Waals surface area contributed by atoms with E-state index >= 15 is 0 Å². The predicted octanol–water partition coefficient (Wildman–Crippen LogP) is 2.82. The third-order valence-corrected chi connectivity index (χ3v) is 2.91. The normalized spacial score (nSPS) is 11.1. The molecule has 0 saturated carbocycles. The molecule has 0 unspecified atom stereocenters. The van der Waals surface area contributed by atoms with E-state index < -0.39 is 0 Å². The van der Waals surface area contributed by atoms with E-state index in [1.807, 2.05) is 30.4 Å². The Kier molecular flexibility index (Phi) is 4.47. The molecule has 98 valence electrons. The van der Waals surface area contributed by atoms with Crippen LogP contribution < -0.4 is 5.32 Å². The van der Waals surface area contributed by atoms with Crippen LogP contribution in [0.1, 0.15) is 18.9 Å². The van der Waals surface area contributed by atoms with Gasteiger partial charge in [-0.25, -0.2) is 9.97 Å². The number of benzene rings is 1. The van der Waals surface area contributed by atoms with Crippen LogP contribution >= 0.6 is 11.6 Å². The molecule has 0 fully saturated rings. The molecule has 2 rings (SSSR count). The van der Waals surface area contributed by atoms with Crippen molar-refractivity contribution >= 4 is 34.5 Å². The van der Waals surface area contributed by atoms with Crippen LogP contribution in [-0.4, -0.2) is 22.4 Å². The Labute approximate surface area is 116 Å². The number of amides is 1. The third-order valence-electron chi connectivity index (χ3n) is 2.61. The van der Waals surface area contributed by atoms with Crippen LogP contribution in [0.25, 0.3) is 17.0 Å². The van der Waals surface area contributed by atoms with Crippen LogP contribution in [0.2, 0.25) is 5.15 Å². The Bertz CT molecular complexity index is 625. The molecule has 0 saturated heterocycles. The maximum absolute atomic E-state index is 10.7. The van der Waals surface area contributed by atoms with Gasteiger partial charge in [-0.3, -0.25) is 4.79 Å². The summed E-state index contributed by atoms with van der Waals surface area (Å²) in [4.78, 5) is 18.8. The van der Waals surface area contributed by atoms with Gasteiger partial charge in [-0.1, -0.05) is 29.8 Å². The zero-order valence-electron chi connectivity index (χ0n) is 10.6. The van der Waals surface area contributed by atoms with Crippen molar-refractivity contribution in [2.24, 2.45) is 0 Å². The SMILES string of the molecule is CC(=O)NCCC=Cc1ccc2ncnc(Cl)c2c1. The minimum Gasteiger partial charge on any atom is -0.356 e. The molecule has 5 heteroatoms. The minimum atomic E-state index is -0.0111. The summed E-state index contributed by atoms with van der Waals surface area (Å²) in [5.74, 6) is -0.0111. The Morgan fingerprint density at radius 2 is 2.26 bits per heavy atom. The lowest BCUT2D eigenvalue weighted by Crippen LogP contribution is -2.20. The first-order chi connectivity index (χ1) is 9.16. The van der Waals surface area contributed by atoms with Gasteiger partial charge in [0.1, 0.15) is 11.5 Å². The van der Waals surface area contributed by atoms with Crippen LogP contribution in [-0.2, 0) is 4.79 Å². The lowest BCUT2D eigenvalue weighted by Gasteiger charge is -2.00. The van der Waals surface area contributed by atoms with Gasteiger partial charge in [0.2, 0.25) is 5.91 Å². The van der Waals surface area contributed by atoms with Crippen molar-refractivity contribution < 1.29 is 4.79 Å².